The molecule has 0 amide bonds. The Labute approximate surface area is 89.1 Å². The summed E-state index contributed by atoms with van der Waals surface area (Å²) in [5, 5.41) is 0. The molecule has 78 valence electrons. The van der Waals surface area contributed by atoms with Crippen LogP contribution in [0.5, 0.6) is 0 Å². The van der Waals surface area contributed by atoms with Crippen LogP contribution in [-0.2, 0) is 0 Å². The molecule has 3 heteroatoms. The zero-order chi connectivity index (χ0) is 10.8. The van der Waals surface area contributed by atoms with Gasteiger partial charge in [0.05, 0.1) is 6.26 Å². The number of furan rings is 1. The van der Waals surface area contributed by atoms with E-state index in [1.165, 1.54) is 0 Å². The van der Waals surface area contributed by atoms with Gasteiger partial charge in [0.25, 0.3) is 0 Å². The molecule has 2 rings (SSSR count). The van der Waals surface area contributed by atoms with Gasteiger partial charge in [-0.2, -0.15) is 0 Å². The monoisotopic (exact) mass is 202 g/mol. The van der Waals surface area contributed by atoms with Crippen molar-refractivity contribution in [3.05, 3.63) is 36.6 Å². The van der Waals surface area contributed by atoms with E-state index >= 15 is 0 Å². The first-order valence-corrected chi connectivity index (χ1v) is 4.79. The smallest absolute Gasteiger partial charge is 0.135 e. The van der Waals surface area contributed by atoms with Crippen LogP contribution in [0.2, 0.25) is 0 Å². The topological polar surface area (TPSA) is 42.4 Å². The number of benzene rings is 1. The highest BCUT2D eigenvalue weighted by Gasteiger charge is 2.07. The molecule has 1 aromatic heterocycles. The van der Waals surface area contributed by atoms with E-state index in [1.54, 1.807) is 6.26 Å². The minimum Gasteiger partial charge on any atom is -0.464 e. The number of rotatable bonds is 2. The standard InChI is InChI=1S/C12H14N2O/c1-14(2)9-5-6-11(13)10(8-9)12-4-3-7-15-12/h3-8H,13H2,1-2H3. The molecular formula is C12H14N2O. The summed E-state index contributed by atoms with van der Waals surface area (Å²) in [7, 11) is 3.99. The largest absolute Gasteiger partial charge is 0.464 e. The highest BCUT2D eigenvalue weighted by molar-refractivity contribution is 5.76. The van der Waals surface area contributed by atoms with E-state index < -0.39 is 0 Å². The van der Waals surface area contributed by atoms with E-state index in [0.29, 0.717) is 0 Å². The molecule has 2 aromatic rings. The van der Waals surface area contributed by atoms with Crippen molar-refractivity contribution in [1.29, 1.82) is 0 Å². The molecule has 1 heterocycles. The number of nitrogen functional groups attached to an aromatic ring is 1. The molecule has 0 saturated heterocycles. The summed E-state index contributed by atoms with van der Waals surface area (Å²) in [6.45, 7) is 0. The third kappa shape index (κ3) is 1.81. The average molecular weight is 202 g/mol. The second-order valence-electron chi connectivity index (χ2n) is 3.64. The number of anilines is 2. The maximum atomic E-state index is 5.90. The van der Waals surface area contributed by atoms with Gasteiger partial charge < -0.3 is 15.1 Å². The van der Waals surface area contributed by atoms with Gasteiger partial charge in [-0.1, -0.05) is 0 Å². The number of hydrogen-bond acceptors (Lipinski definition) is 3. The lowest BCUT2D eigenvalue weighted by atomic mass is 10.1. The van der Waals surface area contributed by atoms with Crippen LogP contribution in [0.3, 0.4) is 0 Å². The summed E-state index contributed by atoms with van der Waals surface area (Å²) < 4.78 is 5.34. The Bertz CT molecular complexity index is 447. The van der Waals surface area contributed by atoms with Crippen molar-refractivity contribution in [3.63, 3.8) is 0 Å². The number of nitrogens with two attached hydrogens (primary N) is 1. The molecule has 0 spiro atoms. The summed E-state index contributed by atoms with van der Waals surface area (Å²) >= 11 is 0. The van der Waals surface area contributed by atoms with Crippen LogP contribution in [0.4, 0.5) is 11.4 Å². The van der Waals surface area contributed by atoms with Crippen LogP contribution in [0, 0.1) is 0 Å². The highest BCUT2D eigenvalue weighted by atomic mass is 16.3. The lowest BCUT2D eigenvalue weighted by Gasteiger charge is -2.14. The Hall–Kier alpha value is -1.90. The molecule has 0 aliphatic rings. The van der Waals surface area contributed by atoms with Crippen LogP contribution >= 0.6 is 0 Å². The number of hydrogen-bond donors (Lipinski definition) is 1. The molecule has 0 aliphatic carbocycles. The van der Waals surface area contributed by atoms with Crippen molar-refractivity contribution in [3.8, 4) is 11.3 Å². The van der Waals surface area contributed by atoms with Crippen LogP contribution in [0.15, 0.2) is 41.0 Å². The van der Waals surface area contributed by atoms with Crippen LogP contribution in [-0.4, -0.2) is 14.1 Å². The molecule has 0 fully saturated rings. The Balaban J connectivity index is 2.51. The SMILES string of the molecule is CN(C)c1ccc(N)c(-c2ccco2)c1. The first-order chi connectivity index (χ1) is 7.18. The quantitative estimate of drug-likeness (QED) is 0.761. The molecule has 15 heavy (non-hydrogen) atoms. The van der Waals surface area contributed by atoms with Crippen molar-refractivity contribution in [2.75, 3.05) is 24.7 Å². The van der Waals surface area contributed by atoms with Gasteiger partial charge in [0, 0.05) is 31.0 Å². The van der Waals surface area contributed by atoms with Crippen LogP contribution in [0.25, 0.3) is 11.3 Å². The molecule has 0 atom stereocenters. The fourth-order valence-electron chi connectivity index (χ4n) is 1.47. The van der Waals surface area contributed by atoms with E-state index in [-0.39, 0.29) is 0 Å². The molecule has 0 saturated carbocycles. The maximum absolute atomic E-state index is 5.90. The summed E-state index contributed by atoms with van der Waals surface area (Å²) in [5.41, 5.74) is 8.68. The highest BCUT2D eigenvalue weighted by Crippen LogP contribution is 2.29. The van der Waals surface area contributed by atoms with Crippen molar-refractivity contribution in [1.82, 2.24) is 0 Å². The maximum Gasteiger partial charge on any atom is 0.135 e. The van der Waals surface area contributed by atoms with E-state index in [2.05, 4.69) is 0 Å². The summed E-state index contributed by atoms with van der Waals surface area (Å²) in [4.78, 5) is 2.03. The summed E-state index contributed by atoms with van der Waals surface area (Å²) in [5.74, 6) is 0.802. The minimum absolute atomic E-state index is 0.732. The van der Waals surface area contributed by atoms with Crippen LogP contribution in [0.1, 0.15) is 0 Å². The van der Waals surface area contributed by atoms with E-state index in [4.69, 9.17) is 10.2 Å². The first-order valence-electron chi connectivity index (χ1n) is 4.79. The third-order valence-corrected chi connectivity index (χ3v) is 2.34. The fraction of sp³-hybridized carbons (Fsp3) is 0.167. The summed E-state index contributed by atoms with van der Waals surface area (Å²) in [6.07, 6.45) is 1.65. The van der Waals surface area contributed by atoms with E-state index in [0.717, 1.165) is 22.7 Å². The fourth-order valence-corrected chi connectivity index (χ4v) is 1.47. The van der Waals surface area contributed by atoms with E-state index in [9.17, 15) is 0 Å². The van der Waals surface area contributed by atoms with Gasteiger partial charge in [0.2, 0.25) is 0 Å². The second-order valence-corrected chi connectivity index (χ2v) is 3.64. The molecule has 3 nitrogen and oxygen atoms in total. The third-order valence-electron chi connectivity index (χ3n) is 2.34. The number of nitrogens with zero attached hydrogens (tertiary/aromatic N) is 1. The van der Waals surface area contributed by atoms with Gasteiger partial charge in [0.15, 0.2) is 0 Å². The zero-order valence-electron chi connectivity index (χ0n) is 8.90. The Kier molecular flexibility index (Phi) is 2.37. The Morgan fingerprint density at radius 1 is 1.20 bits per heavy atom. The van der Waals surface area contributed by atoms with Gasteiger partial charge in [-0.3, -0.25) is 0 Å². The molecule has 0 aliphatic heterocycles. The molecule has 0 unspecified atom stereocenters. The first kappa shape index (κ1) is 9.65. The molecule has 0 bridgehead atoms. The second kappa shape index (κ2) is 3.69. The minimum atomic E-state index is 0.732. The van der Waals surface area contributed by atoms with Gasteiger partial charge in [-0.15, -0.1) is 0 Å². The molecule has 0 radical (unpaired) electrons. The van der Waals surface area contributed by atoms with Gasteiger partial charge in [-0.05, 0) is 30.3 Å². The van der Waals surface area contributed by atoms with Crippen LogP contribution < -0.4 is 10.6 Å². The molecule has 1 aromatic carbocycles. The molecule has 2 N–H and O–H groups in total. The zero-order valence-corrected chi connectivity index (χ0v) is 8.90. The van der Waals surface area contributed by atoms with Crippen molar-refractivity contribution < 1.29 is 4.42 Å². The van der Waals surface area contributed by atoms with Gasteiger partial charge >= 0.3 is 0 Å². The lowest BCUT2D eigenvalue weighted by Crippen LogP contribution is -2.08. The van der Waals surface area contributed by atoms with Crippen molar-refractivity contribution in [2.45, 2.75) is 0 Å². The Morgan fingerprint density at radius 3 is 2.60 bits per heavy atom. The lowest BCUT2D eigenvalue weighted by molar-refractivity contribution is 0.582. The average Bonchev–Trinajstić information content (AvgIpc) is 2.71. The predicted octanol–water partition coefficient (Wildman–Crippen LogP) is 2.59. The van der Waals surface area contributed by atoms with Gasteiger partial charge in [0.1, 0.15) is 5.76 Å². The predicted molar refractivity (Wildman–Crippen MR) is 62.9 cm³/mol. The van der Waals surface area contributed by atoms with Gasteiger partial charge in [-0.25, -0.2) is 0 Å². The van der Waals surface area contributed by atoms with Crippen molar-refractivity contribution >= 4 is 11.4 Å². The Morgan fingerprint density at radius 2 is 2.00 bits per heavy atom. The summed E-state index contributed by atoms with van der Waals surface area (Å²) in [6, 6.07) is 9.67. The molecular weight excluding hydrogens is 188 g/mol. The van der Waals surface area contributed by atoms with Crippen molar-refractivity contribution in [2.24, 2.45) is 0 Å². The van der Waals surface area contributed by atoms with E-state index in [1.807, 2.05) is 49.3 Å². The normalized spacial score (nSPS) is 10.3.